The molecule has 1 amide bonds. The molecular formula is C21H16N4O5S. The van der Waals surface area contributed by atoms with Crippen molar-refractivity contribution in [1.29, 1.82) is 0 Å². The number of thiazole rings is 1. The number of para-hydroxylation sites is 1. The molecule has 0 bridgehead atoms. The molecule has 2 aromatic heterocycles. The van der Waals surface area contributed by atoms with Crippen molar-refractivity contribution >= 4 is 34.3 Å². The van der Waals surface area contributed by atoms with Crippen LogP contribution >= 0.6 is 11.3 Å². The highest BCUT2D eigenvalue weighted by Crippen LogP contribution is 2.27. The summed E-state index contributed by atoms with van der Waals surface area (Å²) in [5.74, 6) is 0.0997. The number of fused-ring (bicyclic) bond motifs is 1. The number of esters is 1. The van der Waals surface area contributed by atoms with E-state index in [2.05, 4.69) is 10.1 Å². The van der Waals surface area contributed by atoms with Crippen LogP contribution < -0.4 is 25.3 Å². The van der Waals surface area contributed by atoms with E-state index in [1.165, 1.54) is 22.8 Å². The van der Waals surface area contributed by atoms with Gasteiger partial charge in [0.15, 0.2) is 12.4 Å². The van der Waals surface area contributed by atoms with Gasteiger partial charge in [0, 0.05) is 6.92 Å². The lowest BCUT2D eigenvalue weighted by atomic mass is 10.2. The lowest BCUT2D eigenvalue weighted by Gasteiger charge is -2.04. The second kappa shape index (κ2) is 8.36. The zero-order valence-corrected chi connectivity index (χ0v) is 17.1. The molecule has 0 spiro atoms. The molecule has 156 valence electrons. The van der Waals surface area contributed by atoms with Crippen molar-refractivity contribution in [2.24, 2.45) is 5.73 Å². The fourth-order valence-electron chi connectivity index (χ4n) is 2.81. The molecule has 31 heavy (non-hydrogen) atoms. The van der Waals surface area contributed by atoms with Crippen molar-refractivity contribution in [2.45, 2.75) is 6.92 Å². The molecule has 0 aliphatic carbocycles. The first kappa shape index (κ1) is 20.2. The van der Waals surface area contributed by atoms with Crippen LogP contribution in [0.5, 0.6) is 11.5 Å². The van der Waals surface area contributed by atoms with Gasteiger partial charge >= 0.3 is 5.97 Å². The summed E-state index contributed by atoms with van der Waals surface area (Å²) in [6.45, 7) is 1.11. The number of ether oxygens (including phenoxy) is 2. The number of rotatable bonds is 6. The molecule has 4 rings (SSSR count). The molecule has 10 heteroatoms. The third kappa shape index (κ3) is 4.43. The van der Waals surface area contributed by atoms with Gasteiger partial charge in [0.2, 0.25) is 4.96 Å². The molecule has 4 aromatic rings. The first-order chi connectivity index (χ1) is 14.9. The van der Waals surface area contributed by atoms with Crippen LogP contribution in [0.2, 0.25) is 0 Å². The zero-order valence-electron chi connectivity index (χ0n) is 16.3. The number of amides is 1. The fourth-order valence-corrected chi connectivity index (χ4v) is 3.72. The maximum absolute atomic E-state index is 12.8. The van der Waals surface area contributed by atoms with E-state index in [1.54, 1.807) is 54.6 Å². The van der Waals surface area contributed by atoms with Gasteiger partial charge in [0.25, 0.3) is 11.5 Å². The van der Waals surface area contributed by atoms with E-state index in [1.807, 2.05) is 0 Å². The van der Waals surface area contributed by atoms with Gasteiger partial charge in [-0.2, -0.15) is 9.50 Å². The minimum atomic E-state index is -0.559. The summed E-state index contributed by atoms with van der Waals surface area (Å²) in [5, 5.41) is 4.30. The lowest BCUT2D eigenvalue weighted by molar-refractivity contribution is -0.131. The summed E-state index contributed by atoms with van der Waals surface area (Å²) >= 11 is 1.19. The Kier molecular flexibility index (Phi) is 5.46. The minimum Gasteiger partial charge on any atom is -0.484 e. The van der Waals surface area contributed by atoms with Gasteiger partial charge < -0.3 is 15.2 Å². The van der Waals surface area contributed by atoms with Crippen LogP contribution in [-0.4, -0.2) is 33.1 Å². The maximum atomic E-state index is 12.8. The Balaban J connectivity index is 1.65. The van der Waals surface area contributed by atoms with Gasteiger partial charge in [0.05, 0.1) is 10.1 Å². The number of benzene rings is 2. The molecule has 0 radical (unpaired) electrons. The standard InChI is InChI=1S/C21H16N4O5S/c1-12(26)30-16-5-3-2-4-15(16)19-23-21-25(24-19)20(28)17(31-21)10-13-6-8-14(9-7-13)29-11-18(22)27/h2-10H,11H2,1H3,(H2,22,27). The molecule has 0 aliphatic rings. The van der Waals surface area contributed by atoms with Gasteiger partial charge in [-0.05, 0) is 35.9 Å². The molecule has 0 atom stereocenters. The SMILES string of the molecule is CC(=O)Oc1ccccc1-c1nc2sc(=Cc3ccc(OCC(N)=O)cc3)c(=O)n2n1. The van der Waals surface area contributed by atoms with E-state index in [-0.39, 0.29) is 12.2 Å². The highest BCUT2D eigenvalue weighted by atomic mass is 32.1. The third-order valence-electron chi connectivity index (χ3n) is 4.12. The molecule has 2 aromatic carbocycles. The van der Waals surface area contributed by atoms with E-state index in [4.69, 9.17) is 15.2 Å². The molecule has 2 heterocycles. The first-order valence-corrected chi connectivity index (χ1v) is 9.92. The van der Waals surface area contributed by atoms with Crippen LogP contribution in [0.25, 0.3) is 22.4 Å². The molecule has 0 saturated carbocycles. The first-order valence-electron chi connectivity index (χ1n) is 9.11. The molecule has 0 unspecified atom stereocenters. The number of carbonyl (C=O) groups is 2. The Morgan fingerprint density at radius 3 is 2.58 bits per heavy atom. The molecule has 9 nitrogen and oxygen atoms in total. The summed E-state index contributed by atoms with van der Waals surface area (Å²) in [6, 6.07) is 13.7. The minimum absolute atomic E-state index is 0.204. The molecular weight excluding hydrogens is 420 g/mol. The Bertz CT molecular complexity index is 1390. The number of hydrogen-bond donors (Lipinski definition) is 1. The number of primary amides is 1. The van der Waals surface area contributed by atoms with Crippen LogP contribution in [0, 0.1) is 0 Å². The average Bonchev–Trinajstić information content (AvgIpc) is 3.27. The largest absolute Gasteiger partial charge is 0.484 e. The zero-order chi connectivity index (χ0) is 22.0. The molecule has 2 N–H and O–H groups in total. The van der Waals surface area contributed by atoms with Gasteiger partial charge in [-0.15, -0.1) is 5.10 Å². The second-order valence-corrected chi connectivity index (χ2v) is 7.47. The molecule has 0 fully saturated rings. The van der Waals surface area contributed by atoms with E-state index in [0.29, 0.717) is 32.4 Å². The molecule has 0 saturated heterocycles. The van der Waals surface area contributed by atoms with Gasteiger partial charge in [-0.1, -0.05) is 35.6 Å². The predicted octanol–water partition coefficient (Wildman–Crippen LogP) is 1.16. The van der Waals surface area contributed by atoms with E-state index >= 15 is 0 Å². The summed E-state index contributed by atoms with van der Waals surface area (Å²) in [6.07, 6.45) is 1.72. The van der Waals surface area contributed by atoms with Crippen molar-refractivity contribution in [1.82, 2.24) is 14.6 Å². The van der Waals surface area contributed by atoms with Crippen LogP contribution in [0.4, 0.5) is 0 Å². The monoisotopic (exact) mass is 436 g/mol. The highest BCUT2D eigenvalue weighted by Gasteiger charge is 2.16. The van der Waals surface area contributed by atoms with E-state index in [0.717, 1.165) is 5.56 Å². The summed E-state index contributed by atoms with van der Waals surface area (Å²) < 4.78 is 12.1. The molecule has 0 aliphatic heterocycles. The normalized spacial score (nSPS) is 11.6. The van der Waals surface area contributed by atoms with Crippen molar-refractivity contribution in [3.05, 3.63) is 69.0 Å². The Morgan fingerprint density at radius 1 is 1.16 bits per heavy atom. The Labute approximate surface area is 179 Å². The van der Waals surface area contributed by atoms with Crippen molar-refractivity contribution in [3.8, 4) is 22.9 Å². The number of carbonyl (C=O) groups excluding carboxylic acids is 2. The predicted molar refractivity (Wildman–Crippen MR) is 114 cm³/mol. The van der Waals surface area contributed by atoms with Crippen LogP contribution in [0.15, 0.2) is 53.3 Å². The summed E-state index contributed by atoms with van der Waals surface area (Å²) in [5.41, 5.74) is 6.04. The highest BCUT2D eigenvalue weighted by molar-refractivity contribution is 7.15. The smallest absolute Gasteiger partial charge is 0.308 e. The number of nitrogens with zero attached hydrogens (tertiary/aromatic N) is 3. The summed E-state index contributed by atoms with van der Waals surface area (Å²) in [7, 11) is 0. The summed E-state index contributed by atoms with van der Waals surface area (Å²) in [4.78, 5) is 39.7. The topological polar surface area (TPSA) is 126 Å². The lowest BCUT2D eigenvalue weighted by Crippen LogP contribution is -2.23. The van der Waals surface area contributed by atoms with Crippen molar-refractivity contribution in [2.75, 3.05) is 6.61 Å². The Morgan fingerprint density at radius 2 is 1.90 bits per heavy atom. The number of aromatic nitrogens is 3. The van der Waals surface area contributed by atoms with Crippen LogP contribution in [-0.2, 0) is 9.59 Å². The van der Waals surface area contributed by atoms with Crippen LogP contribution in [0.1, 0.15) is 12.5 Å². The second-order valence-electron chi connectivity index (χ2n) is 6.46. The third-order valence-corrected chi connectivity index (χ3v) is 5.08. The van der Waals surface area contributed by atoms with Crippen LogP contribution in [0.3, 0.4) is 0 Å². The van der Waals surface area contributed by atoms with Crippen molar-refractivity contribution in [3.63, 3.8) is 0 Å². The Hall–Kier alpha value is -4.05. The van der Waals surface area contributed by atoms with E-state index in [9.17, 15) is 14.4 Å². The van der Waals surface area contributed by atoms with Crippen molar-refractivity contribution < 1.29 is 19.1 Å². The number of hydrogen-bond acceptors (Lipinski definition) is 8. The van der Waals surface area contributed by atoms with Gasteiger partial charge in [-0.3, -0.25) is 14.4 Å². The maximum Gasteiger partial charge on any atom is 0.308 e. The van der Waals surface area contributed by atoms with E-state index < -0.39 is 11.9 Å². The number of nitrogens with two attached hydrogens (primary N) is 1. The average molecular weight is 436 g/mol. The van der Waals surface area contributed by atoms with Gasteiger partial charge in [0.1, 0.15) is 11.5 Å². The van der Waals surface area contributed by atoms with Gasteiger partial charge in [-0.25, -0.2) is 0 Å². The quantitative estimate of drug-likeness (QED) is 0.355. The fraction of sp³-hybridized carbons (Fsp3) is 0.0952.